The predicted molar refractivity (Wildman–Crippen MR) is 93.6 cm³/mol. The molecule has 5 heteroatoms. The van der Waals surface area contributed by atoms with E-state index in [0.717, 1.165) is 38.0 Å². The van der Waals surface area contributed by atoms with Gasteiger partial charge in [-0.05, 0) is 42.0 Å². The number of aromatic amines is 1. The maximum absolute atomic E-state index is 12.8. The number of nitrogens with one attached hydrogen (secondary N) is 1. The van der Waals surface area contributed by atoms with Gasteiger partial charge in [0.25, 0.3) is 0 Å². The van der Waals surface area contributed by atoms with E-state index < -0.39 is 0 Å². The number of H-pyrrole nitrogens is 1. The quantitative estimate of drug-likeness (QED) is 0.636. The Morgan fingerprint density at radius 2 is 2.19 bits per heavy atom. The minimum atomic E-state index is 0.128. The Labute approximate surface area is 139 Å². The highest BCUT2D eigenvalue weighted by Crippen LogP contribution is 2.34. The third-order valence-electron chi connectivity index (χ3n) is 3.74. The first-order valence-corrected chi connectivity index (χ1v) is 9.49. The van der Waals surface area contributed by atoms with Crippen LogP contribution in [0.4, 0.5) is 0 Å². The summed E-state index contributed by atoms with van der Waals surface area (Å²) >= 11 is 7.09. The average Bonchev–Trinajstić information content (AvgIpc) is 3.09. The third-order valence-corrected chi connectivity index (χ3v) is 6.48. The molecule has 2 aromatic heterocycles. The van der Waals surface area contributed by atoms with Crippen LogP contribution < -0.4 is 0 Å². The zero-order chi connectivity index (χ0) is 14.4. The van der Waals surface area contributed by atoms with E-state index in [9.17, 15) is 4.79 Å². The molecular formula is C16H12BrNOS2. The Hall–Kier alpha value is -1.04. The highest BCUT2D eigenvalue weighted by atomic mass is 79.9. The fraction of sp³-hybridized carbons (Fsp3) is 0.188. The Kier molecular flexibility index (Phi) is 3.44. The lowest BCUT2D eigenvalue weighted by Gasteiger charge is -2.08. The largest absolute Gasteiger partial charge is 0.360 e. The van der Waals surface area contributed by atoms with Crippen LogP contribution in [0.1, 0.15) is 25.7 Å². The van der Waals surface area contributed by atoms with Gasteiger partial charge in [0.05, 0.1) is 4.88 Å². The van der Waals surface area contributed by atoms with Crippen LogP contribution in [0.25, 0.3) is 10.9 Å². The van der Waals surface area contributed by atoms with Crippen LogP contribution in [0, 0.1) is 0 Å². The first-order valence-electron chi connectivity index (χ1n) is 6.73. The highest BCUT2D eigenvalue weighted by Gasteiger charge is 2.20. The highest BCUT2D eigenvalue weighted by molar-refractivity contribution is 9.10. The summed E-state index contributed by atoms with van der Waals surface area (Å²) in [6.07, 6.45) is 2.92. The van der Waals surface area contributed by atoms with E-state index in [0.29, 0.717) is 0 Å². The maximum Gasteiger partial charge on any atom is 0.205 e. The maximum atomic E-state index is 12.8. The van der Waals surface area contributed by atoms with E-state index in [-0.39, 0.29) is 5.78 Å². The van der Waals surface area contributed by atoms with Crippen molar-refractivity contribution in [2.75, 3.05) is 5.75 Å². The number of hydrogen-bond donors (Lipinski definition) is 1. The molecule has 3 aromatic rings. The number of rotatable bonds is 2. The lowest BCUT2D eigenvalue weighted by Crippen LogP contribution is -1.97. The van der Waals surface area contributed by atoms with Gasteiger partial charge in [-0.2, -0.15) is 11.8 Å². The zero-order valence-corrected chi connectivity index (χ0v) is 14.3. The van der Waals surface area contributed by atoms with Crippen LogP contribution in [0.2, 0.25) is 0 Å². The smallest absolute Gasteiger partial charge is 0.205 e. The molecule has 1 aliphatic heterocycles. The molecule has 0 bridgehead atoms. The third kappa shape index (κ3) is 2.37. The average molecular weight is 378 g/mol. The van der Waals surface area contributed by atoms with Crippen LogP contribution >= 0.6 is 39.0 Å². The molecule has 2 nitrogen and oxygen atoms in total. The van der Waals surface area contributed by atoms with E-state index >= 15 is 0 Å². The molecule has 0 unspecified atom stereocenters. The summed E-state index contributed by atoms with van der Waals surface area (Å²) in [4.78, 5) is 18.3. The molecule has 1 N–H and O–H groups in total. The number of carbonyl (C=O) groups is 1. The molecule has 106 valence electrons. The van der Waals surface area contributed by atoms with Crippen molar-refractivity contribution in [2.24, 2.45) is 0 Å². The minimum absolute atomic E-state index is 0.128. The van der Waals surface area contributed by atoms with Crippen LogP contribution in [-0.4, -0.2) is 16.5 Å². The van der Waals surface area contributed by atoms with Crippen molar-refractivity contribution in [3.8, 4) is 0 Å². The molecule has 0 spiro atoms. The molecule has 1 aliphatic rings. The van der Waals surface area contributed by atoms with E-state index in [2.05, 4.69) is 27.0 Å². The van der Waals surface area contributed by atoms with Crippen molar-refractivity contribution in [1.82, 2.24) is 4.98 Å². The Morgan fingerprint density at radius 1 is 1.29 bits per heavy atom. The van der Waals surface area contributed by atoms with Crippen molar-refractivity contribution >= 4 is 55.7 Å². The number of carbonyl (C=O) groups excluding carboxylic acids is 1. The molecule has 0 atom stereocenters. The summed E-state index contributed by atoms with van der Waals surface area (Å²) in [5.41, 5.74) is 3.11. The standard InChI is InChI=1S/C16H12BrNOS2/c17-10-1-2-13-11(6-10)12(7-18-13)16(19)15-5-9-8-20-4-3-14(9)21-15/h1-2,5-7,18H,3-4,8H2. The molecule has 0 fully saturated rings. The summed E-state index contributed by atoms with van der Waals surface area (Å²) in [5.74, 6) is 2.34. The number of halogens is 1. The second kappa shape index (κ2) is 5.30. The SMILES string of the molecule is O=C(c1cc2c(s1)CCSC2)c1c[nH]c2ccc(Br)cc12. The van der Waals surface area contributed by atoms with Crippen molar-refractivity contribution in [3.05, 3.63) is 55.8 Å². The topological polar surface area (TPSA) is 32.9 Å². The van der Waals surface area contributed by atoms with E-state index in [4.69, 9.17) is 0 Å². The monoisotopic (exact) mass is 377 g/mol. The molecule has 0 saturated heterocycles. The van der Waals surface area contributed by atoms with E-state index in [1.165, 1.54) is 16.2 Å². The molecule has 0 aliphatic carbocycles. The fourth-order valence-electron chi connectivity index (χ4n) is 2.67. The van der Waals surface area contributed by atoms with Gasteiger partial charge in [0.2, 0.25) is 5.78 Å². The number of fused-ring (bicyclic) bond motifs is 2. The molecular weight excluding hydrogens is 366 g/mol. The number of thioether (sulfide) groups is 1. The summed E-state index contributed by atoms with van der Waals surface area (Å²) in [6, 6.07) is 8.06. The van der Waals surface area contributed by atoms with Crippen molar-refractivity contribution in [3.63, 3.8) is 0 Å². The summed E-state index contributed by atoms with van der Waals surface area (Å²) in [6.45, 7) is 0. The molecule has 0 amide bonds. The number of aromatic nitrogens is 1. The number of thiophene rings is 1. The molecule has 0 radical (unpaired) electrons. The van der Waals surface area contributed by atoms with Crippen molar-refractivity contribution in [2.45, 2.75) is 12.2 Å². The van der Waals surface area contributed by atoms with Gasteiger partial charge < -0.3 is 4.98 Å². The van der Waals surface area contributed by atoms with Gasteiger partial charge in [-0.25, -0.2) is 0 Å². The lowest BCUT2D eigenvalue weighted by atomic mass is 10.1. The van der Waals surface area contributed by atoms with Crippen LogP contribution in [-0.2, 0) is 12.2 Å². The summed E-state index contributed by atoms with van der Waals surface area (Å²) in [5, 5.41) is 0.982. The Bertz CT molecular complexity index is 826. The van der Waals surface area contributed by atoms with E-state index in [1.807, 2.05) is 36.2 Å². The number of benzene rings is 1. The normalized spacial score (nSPS) is 14.3. The molecule has 1 aromatic carbocycles. The first-order chi connectivity index (χ1) is 10.2. The summed E-state index contributed by atoms with van der Waals surface area (Å²) in [7, 11) is 0. The van der Waals surface area contributed by atoms with Crippen molar-refractivity contribution in [1.29, 1.82) is 0 Å². The number of ketones is 1. The second-order valence-corrected chi connectivity index (χ2v) is 8.24. The number of aryl methyl sites for hydroxylation is 1. The first kappa shape index (κ1) is 13.6. The molecule has 0 saturated carbocycles. The van der Waals surface area contributed by atoms with Crippen LogP contribution in [0.3, 0.4) is 0 Å². The number of hydrogen-bond acceptors (Lipinski definition) is 3. The molecule has 4 rings (SSSR count). The predicted octanol–water partition coefficient (Wildman–Crippen LogP) is 5.01. The molecule has 21 heavy (non-hydrogen) atoms. The van der Waals surface area contributed by atoms with Gasteiger partial charge in [0.15, 0.2) is 0 Å². The fourth-order valence-corrected chi connectivity index (χ4v) is 5.36. The van der Waals surface area contributed by atoms with Crippen molar-refractivity contribution < 1.29 is 4.79 Å². The van der Waals surface area contributed by atoms with Gasteiger partial charge in [0, 0.05) is 37.8 Å². The molecule has 3 heterocycles. The van der Waals surface area contributed by atoms with Crippen LogP contribution in [0.15, 0.2) is 34.9 Å². The van der Waals surface area contributed by atoms with Gasteiger partial charge in [-0.15, -0.1) is 11.3 Å². The van der Waals surface area contributed by atoms with E-state index in [1.54, 1.807) is 11.3 Å². The lowest BCUT2D eigenvalue weighted by molar-refractivity contribution is 0.104. The minimum Gasteiger partial charge on any atom is -0.360 e. The van der Waals surface area contributed by atoms with Gasteiger partial charge >= 0.3 is 0 Å². The van der Waals surface area contributed by atoms with Crippen LogP contribution in [0.5, 0.6) is 0 Å². The second-order valence-electron chi connectivity index (χ2n) is 5.08. The Morgan fingerprint density at radius 3 is 3.05 bits per heavy atom. The Balaban J connectivity index is 1.79. The van der Waals surface area contributed by atoms with Gasteiger partial charge in [0.1, 0.15) is 0 Å². The summed E-state index contributed by atoms with van der Waals surface area (Å²) < 4.78 is 0.991. The zero-order valence-electron chi connectivity index (χ0n) is 11.1. The van der Waals surface area contributed by atoms with Gasteiger partial charge in [-0.1, -0.05) is 15.9 Å². The van der Waals surface area contributed by atoms with Gasteiger partial charge in [-0.3, -0.25) is 4.79 Å².